The first kappa shape index (κ1) is 20.0. The molecule has 0 aromatic carbocycles. The van der Waals surface area contributed by atoms with Crippen LogP contribution in [0.2, 0.25) is 0 Å². The Bertz CT molecular complexity index is 392. The number of guanidine groups is 1. The van der Waals surface area contributed by atoms with E-state index in [9.17, 15) is 13.2 Å². The molecule has 0 amide bonds. The standard InChI is InChI=1S/C12H20F3N5.HI/c1-2-17-11(19-6-4-12(13,14)15)18-5-3-8-20-9-7-16-10-20;/h7,9-10H,2-6,8H2,1H3,(H2,17,18,19);1H. The van der Waals surface area contributed by atoms with E-state index in [4.69, 9.17) is 0 Å². The molecule has 0 bridgehead atoms. The van der Waals surface area contributed by atoms with E-state index in [1.54, 1.807) is 12.5 Å². The van der Waals surface area contributed by atoms with Crippen LogP contribution in [0.1, 0.15) is 19.8 Å². The summed E-state index contributed by atoms with van der Waals surface area (Å²) in [6.07, 6.45) is 1.06. The second-order valence-corrected chi connectivity index (χ2v) is 4.21. The van der Waals surface area contributed by atoms with Gasteiger partial charge in [0, 0.05) is 38.6 Å². The Morgan fingerprint density at radius 2 is 2.10 bits per heavy atom. The van der Waals surface area contributed by atoms with Crippen LogP contribution in [0.4, 0.5) is 13.2 Å². The summed E-state index contributed by atoms with van der Waals surface area (Å²) in [5.41, 5.74) is 0. The van der Waals surface area contributed by atoms with E-state index in [0.717, 1.165) is 13.0 Å². The van der Waals surface area contributed by atoms with Gasteiger partial charge in [-0.1, -0.05) is 0 Å². The maximum atomic E-state index is 12.0. The third-order valence-corrected chi connectivity index (χ3v) is 2.45. The third kappa shape index (κ3) is 10.4. The fraction of sp³-hybridized carbons (Fsp3) is 0.667. The Morgan fingerprint density at radius 3 is 2.67 bits per heavy atom. The predicted molar refractivity (Wildman–Crippen MR) is 86.9 cm³/mol. The van der Waals surface area contributed by atoms with Gasteiger partial charge in [0.15, 0.2) is 5.96 Å². The highest BCUT2D eigenvalue weighted by atomic mass is 127. The highest BCUT2D eigenvalue weighted by Gasteiger charge is 2.26. The van der Waals surface area contributed by atoms with Gasteiger partial charge < -0.3 is 15.2 Å². The number of aryl methyl sites for hydroxylation is 1. The number of aromatic nitrogens is 2. The summed E-state index contributed by atoms with van der Waals surface area (Å²) in [5.74, 6) is 0.419. The van der Waals surface area contributed by atoms with Gasteiger partial charge in [0.05, 0.1) is 12.7 Å². The Kier molecular flexibility index (Phi) is 10.2. The molecule has 5 nitrogen and oxygen atoms in total. The average molecular weight is 419 g/mol. The van der Waals surface area contributed by atoms with Crippen LogP contribution in [0.3, 0.4) is 0 Å². The van der Waals surface area contributed by atoms with Crippen molar-refractivity contribution in [3.05, 3.63) is 18.7 Å². The van der Waals surface area contributed by atoms with E-state index in [2.05, 4.69) is 20.6 Å². The molecular weight excluding hydrogens is 398 g/mol. The zero-order chi connectivity index (χ0) is 14.8. The van der Waals surface area contributed by atoms with Crippen molar-refractivity contribution >= 4 is 29.9 Å². The van der Waals surface area contributed by atoms with Crippen molar-refractivity contribution in [1.82, 2.24) is 20.2 Å². The first-order valence-electron chi connectivity index (χ1n) is 6.56. The number of hydrogen-bond donors (Lipinski definition) is 2. The number of alkyl halides is 3. The molecule has 0 fully saturated rings. The minimum Gasteiger partial charge on any atom is -0.357 e. The van der Waals surface area contributed by atoms with Gasteiger partial charge in [-0.05, 0) is 13.3 Å². The van der Waals surface area contributed by atoms with Crippen molar-refractivity contribution in [3.63, 3.8) is 0 Å². The minimum atomic E-state index is -4.15. The molecule has 21 heavy (non-hydrogen) atoms. The molecule has 0 atom stereocenters. The van der Waals surface area contributed by atoms with Crippen molar-refractivity contribution in [2.45, 2.75) is 32.5 Å². The van der Waals surface area contributed by atoms with E-state index in [-0.39, 0.29) is 30.5 Å². The molecule has 0 aliphatic rings. The topological polar surface area (TPSA) is 54.2 Å². The van der Waals surface area contributed by atoms with Crippen LogP contribution in [-0.2, 0) is 6.54 Å². The van der Waals surface area contributed by atoms with Gasteiger partial charge in [-0.2, -0.15) is 13.2 Å². The molecule has 1 heterocycles. The van der Waals surface area contributed by atoms with Crippen LogP contribution in [0.25, 0.3) is 0 Å². The van der Waals surface area contributed by atoms with Gasteiger partial charge in [0.25, 0.3) is 0 Å². The van der Waals surface area contributed by atoms with Crippen LogP contribution in [0, 0.1) is 0 Å². The lowest BCUT2D eigenvalue weighted by molar-refractivity contribution is -0.132. The largest absolute Gasteiger partial charge is 0.390 e. The van der Waals surface area contributed by atoms with E-state index in [0.29, 0.717) is 19.0 Å². The van der Waals surface area contributed by atoms with Crippen LogP contribution >= 0.6 is 24.0 Å². The Balaban J connectivity index is 0.00000400. The van der Waals surface area contributed by atoms with E-state index in [1.165, 1.54) is 0 Å². The van der Waals surface area contributed by atoms with Crippen LogP contribution < -0.4 is 10.6 Å². The van der Waals surface area contributed by atoms with Crippen LogP contribution in [0.15, 0.2) is 23.7 Å². The highest BCUT2D eigenvalue weighted by molar-refractivity contribution is 14.0. The van der Waals surface area contributed by atoms with Crippen molar-refractivity contribution in [2.24, 2.45) is 4.99 Å². The summed E-state index contributed by atoms with van der Waals surface area (Å²) in [4.78, 5) is 8.15. The summed E-state index contributed by atoms with van der Waals surface area (Å²) < 4.78 is 38.1. The number of nitrogens with one attached hydrogen (secondary N) is 2. The smallest absolute Gasteiger partial charge is 0.357 e. The molecule has 1 aromatic heterocycles. The Morgan fingerprint density at radius 1 is 1.33 bits per heavy atom. The second-order valence-electron chi connectivity index (χ2n) is 4.21. The molecule has 1 aromatic rings. The summed E-state index contributed by atoms with van der Waals surface area (Å²) >= 11 is 0. The predicted octanol–water partition coefficient (Wildman–Crippen LogP) is 2.40. The lowest BCUT2D eigenvalue weighted by atomic mass is 10.4. The fourth-order valence-electron chi connectivity index (χ4n) is 1.53. The molecular formula is C12H21F3IN5. The van der Waals surface area contributed by atoms with E-state index < -0.39 is 12.6 Å². The van der Waals surface area contributed by atoms with Crippen molar-refractivity contribution in [2.75, 3.05) is 19.6 Å². The van der Waals surface area contributed by atoms with Crippen molar-refractivity contribution in [3.8, 4) is 0 Å². The maximum Gasteiger partial charge on any atom is 0.390 e. The average Bonchev–Trinajstić information content (AvgIpc) is 2.86. The SMILES string of the molecule is CCNC(=NCCCn1ccnc1)NCCC(F)(F)F.I. The van der Waals surface area contributed by atoms with Crippen molar-refractivity contribution in [1.29, 1.82) is 0 Å². The number of halogens is 4. The molecule has 0 unspecified atom stereocenters. The lowest BCUT2D eigenvalue weighted by Crippen LogP contribution is -2.39. The summed E-state index contributed by atoms with van der Waals surface area (Å²) in [6.45, 7) is 3.63. The first-order valence-corrected chi connectivity index (χ1v) is 6.56. The van der Waals surface area contributed by atoms with Gasteiger partial charge in [-0.3, -0.25) is 4.99 Å². The molecule has 0 saturated carbocycles. The van der Waals surface area contributed by atoms with Gasteiger partial charge >= 0.3 is 6.18 Å². The molecule has 1 rings (SSSR count). The van der Waals surface area contributed by atoms with E-state index >= 15 is 0 Å². The number of aliphatic imine (C=N–C) groups is 1. The number of nitrogens with zero attached hydrogens (tertiary/aromatic N) is 3. The van der Waals surface area contributed by atoms with Gasteiger partial charge in [0.2, 0.25) is 0 Å². The molecule has 9 heteroatoms. The summed E-state index contributed by atoms with van der Waals surface area (Å²) in [7, 11) is 0. The molecule has 0 radical (unpaired) electrons. The molecule has 0 spiro atoms. The summed E-state index contributed by atoms with van der Waals surface area (Å²) in [6, 6.07) is 0. The maximum absolute atomic E-state index is 12.0. The number of hydrogen-bond acceptors (Lipinski definition) is 2. The van der Waals surface area contributed by atoms with Crippen molar-refractivity contribution < 1.29 is 13.2 Å². The third-order valence-electron chi connectivity index (χ3n) is 2.45. The van der Waals surface area contributed by atoms with Crippen LogP contribution in [-0.4, -0.2) is 41.3 Å². The molecule has 0 saturated heterocycles. The van der Waals surface area contributed by atoms with Crippen LogP contribution in [0.5, 0.6) is 0 Å². The monoisotopic (exact) mass is 419 g/mol. The second kappa shape index (κ2) is 10.7. The fourth-order valence-corrected chi connectivity index (χ4v) is 1.53. The zero-order valence-corrected chi connectivity index (χ0v) is 14.2. The zero-order valence-electron chi connectivity index (χ0n) is 11.9. The summed E-state index contributed by atoms with van der Waals surface area (Å²) in [5, 5.41) is 5.59. The minimum absolute atomic E-state index is 0. The van der Waals surface area contributed by atoms with Gasteiger partial charge in [-0.25, -0.2) is 4.98 Å². The lowest BCUT2D eigenvalue weighted by Gasteiger charge is -2.12. The first-order chi connectivity index (χ1) is 9.51. The number of imidazole rings is 1. The molecule has 122 valence electrons. The van der Waals surface area contributed by atoms with Gasteiger partial charge in [-0.15, -0.1) is 24.0 Å². The highest BCUT2D eigenvalue weighted by Crippen LogP contribution is 2.17. The van der Waals surface area contributed by atoms with E-state index in [1.807, 2.05) is 17.7 Å². The molecule has 0 aliphatic heterocycles. The Labute approximate surface area is 139 Å². The quantitative estimate of drug-likeness (QED) is 0.309. The normalized spacial score (nSPS) is 11.9. The molecule has 0 aliphatic carbocycles. The molecule has 2 N–H and O–H groups in total. The number of rotatable bonds is 7. The Hall–Kier alpha value is -1.00. The van der Waals surface area contributed by atoms with Gasteiger partial charge in [0.1, 0.15) is 0 Å².